The van der Waals surface area contributed by atoms with Crippen molar-refractivity contribution in [2.24, 2.45) is 28.9 Å². The Bertz CT molecular complexity index is 954. The zero-order valence-corrected chi connectivity index (χ0v) is 20.3. The zero-order chi connectivity index (χ0) is 23.5. The summed E-state index contributed by atoms with van der Waals surface area (Å²) in [7, 11) is -3.29. The van der Waals surface area contributed by atoms with Gasteiger partial charge >= 0.3 is 0 Å². The number of nitrogens with two attached hydrogens (primary N) is 1. The Kier molecular flexibility index (Phi) is 5.67. The molecule has 1 aliphatic heterocycles. The number of primary amides is 1. The number of hydrogen-bond donors (Lipinski definition) is 4. The third kappa shape index (κ3) is 3.92. The van der Waals surface area contributed by atoms with Crippen LogP contribution in [0.2, 0.25) is 0 Å². The lowest BCUT2D eigenvalue weighted by Crippen LogP contribution is -2.62. The van der Waals surface area contributed by atoms with Gasteiger partial charge in [-0.1, -0.05) is 12.1 Å². The van der Waals surface area contributed by atoms with E-state index in [0.29, 0.717) is 19.0 Å². The number of carbonyl (C=O) groups is 2. The van der Waals surface area contributed by atoms with Crippen LogP contribution in [0.5, 0.6) is 0 Å². The molecular formula is C24H36N4O4S. The fourth-order valence-corrected chi connectivity index (χ4v) is 8.91. The number of nitrogens with zero attached hydrogens (tertiary/aromatic N) is 2. The van der Waals surface area contributed by atoms with Crippen LogP contribution in [0.15, 0.2) is 18.2 Å². The topological polar surface area (TPSA) is 119 Å². The van der Waals surface area contributed by atoms with Crippen LogP contribution in [-0.2, 0) is 9.59 Å². The molecule has 0 aromatic heterocycles. The molecule has 9 heteroatoms. The minimum absolute atomic E-state index is 0.0446. The summed E-state index contributed by atoms with van der Waals surface area (Å²) in [5, 5.41) is 3.22. The van der Waals surface area contributed by atoms with E-state index in [4.69, 9.17) is 5.73 Å². The van der Waals surface area contributed by atoms with Crippen molar-refractivity contribution in [3.05, 3.63) is 29.3 Å². The molecule has 5 N–H and O–H groups in total. The minimum Gasteiger partial charge on any atom is -0.369 e. The van der Waals surface area contributed by atoms with Gasteiger partial charge in [-0.3, -0.25) is 23.0 Å². The van der Waals surface area contributed by atoms with Crippen LogP contribution < -0.4 is 15.4 Å². The van der Waals surface area contributed by atoms with Crippen LogP contribution in [-0.4, -0.2) is 50.9 Å². The van der Waals surface area contributed by atoms with Crippen molar-refractivity contribution in [2.75, 3.05) is 23.9 Å². The summed E-state index contributed by atoms with van der Waals surface area (Å²) in [5.74, 6) is 0.730. The van der Waals surface area contributed by atoms with Crippen molar-refractivity contribution in [1.29, 1.82) is 0 Å². The molecule has 1 aromatic carbocycles. The Morgan fingerprint density at radius 3 is 2.52 bits per heavy atom. The second kappa shape index (κ2) is 8.15. The van der Waals surface area contributed by atoms with Crippen LogP contribution in [0.25, 0.3) is 0 Å². The largest absolute Gasteiger partial charge is 0.369 e. The molecule has 0 radical (unpaired) electrons. The molecule has 5 fully saturated rings. The van der Waals surface area contributed by atoms with E-state index < -0.39 is 11.0 Å². The van der Waals surface area contributed by atoms with Crippen molar-refractivity contribution in [3.63, 3.8) is 0 Å². The van der Waals surface area contributed by atoms with E-state index in [1.54, 1.807) is 4.31 Å². The third-order valence-electron chi connectivity index (χ3n) is 8.49. The second-order valence-electron chi connectivity index (χ2n) is 10.8. The fraction of sp³-hybridized carbons (Fsp3) is 0.667. The Morgan fingerprint density at radius 1 is 1.15 bits per heavy atom. The van der Waals surface area contributed by atoms with Gasteiger partial charge in [0.05, 0.1) is 12.2 Å². The van der Waals surface area contributed by atoms with Crippen LogP contribution in [0.1, 0.15) is 49.7 Å². The number of anilines is 1. The average Bonchev–Trinajstić information content (AvgIpc) is 2.73. The fourth-order valence-electron chi connectivity index (χ4n) is 7.13. The summed E-state index contributed by atoms with van der Waals surface area (Å²) in [6.45, 7) is 4.89. The molecule has 33 heavy (non-hydrogen) atoms. The van der Waals surface area contributed by atoms with Crippen molar-refractivity contribution >= 4 is 28.5 Å². The van der Waals surface area contributed by atoms with Gasteiger partial charge in [-0.25, -0.2) is 0 Å². The molecule has 4 saturated carbocycles. The molecule has 2 amide bonds. The van der Waals surface area contributed by atoms with Crippen LogP contribution >= 0.6 is 11.0 Å². The average molecular weight is 477 g/mol. The molecular weight excluding hydrogens is 440 g/mol. The van der Waals surface area contributed by atoms with Gasteiger partial charge in [0.1, 0.15) is 0 Å². The van der Waals surface area contributed by atoms with Gasteiger partial charge in [-0.15, -0.1) is 0 Å². The summed E-state index contributed by atoms with van der Waals surface area (Å²) in [4.78, 5) is 25.3. The standard InChI is InChI=1S/C24H36N4O4S/c1-15-4-5-16(2)20(8-15)28-7-3-6-27(33(28,31)32)14-21(29)26-22-18-9-17-10-19(22)13-24(11-17,12-18)23(25)30/h4-5,8,17-19,22,31-32H,3,6-7,9-14H2,1-2H3,(H2,25,30)(H,26,29). The lowest BCUT2D eigenvalue weighted by atomic mass is 9.47. The van der Waals surface area contributed by atoms with Crippen LogP contribution in [0.3, 0.4) is 0 Å². The lowest BCUT2D eigenvalue weighted by Gasteiger charge is -2.59. The lowest BCUT2D eigenvalue weighted by molar-refractivity contribution is -0.147. The molecule has 0 spiro atoms. The molecule has 5 aliphatic rings. The number of benzene rings is 1. The van der Waals surface area contributed by atoms with Crippen molar-refractivity contribution in [1.82, 2.24) is 9.62 Å². The van der Waals surface area contributed by atoms with Gasteiger partial charge in [0.2, 0.25) is 11.8 Å². The van der Waals surface area contributed by atoms with Gasteiger partial charge < -0.3 is 11.1 Å². The summed E-state index contributed by atoms with van der Waals surface area (Å²) in [5.41, 5.74) is 8.23. The molecule has 1 heterocycles. The van der Waals surface area contributed by atoms with Crippen molar-refractivity contribution in [2.45, 2.75) is 58.4 Å². The maximum Gasteiger partial charge on any atom is 0.236 e. The third-order valence-corrected chi connectivity index (χ3v) is 10.5. The van der Waals surface area contributed by atoms with Crippen LogP contribution in [0.4, 0.5) is 5.69 Å². The highest BCUT2D eigenvalue weighted by molar-refractivity contribution is 8.23. The molecule has 4 bridgehead atoms. The smallest absolute Gasteiger partial charge is 0.236 e. The second-order valence-corrected chi connectivity index (χ2v) is 12.7. The minimum atomic E-state index is -3.29. The van der Waals surface area contributed by atoms with E-state index in [-0.39, 0.29) is 41.7 Å². The highest BCUT2D eigenvalue weighted by Gasteiger charge is 2.58. The summed E-state index contributed by atoms with van der Waals surface area (Å²) < 4.78 is 25.5. The van der Waals surface area contributed by atoms with E-state index in [1.807, 2.05) is 32.0 Å². The first-order chi connectivity index (χ1) is 15.6. The Hall–Kier alpha value is -1.81. The van der Waals surface area contributed by atoms with E-state index >= 15 is 0 Å². The van der Waals surface area contributed by atoms with E-state index in [0.717, 1.165) is 55.3 Å². The Morgan fingerprint density at radius 2 is 1.85 bits per heavy atom. The Balaban J connectivity index is 1.27. The summed E-state index contributed by atoms with van der Waals surface area (Å²) >= 11 is 0. The van der Waals surface area contributed by atoms with E-state index in [2.05, 4.69) is 5.32 Å². The number of rotatable bonds is 5. The SMILES string of the molecule is Cc1ccc(C)c(N2CCCN(CC(=O)NC3C4CC5CC3CC(C(N)=O)(C5)C4)S2(O)O)c1. The molecule has 6 rings (SSSR count). The number of amides is 2. The molecule has 1 saturated heterocycles. The first kappa shape index (κ1) is 23.0. The van der Waals surface area contributed by atoms with Crippen LogP contribution in [0, 0.1) is 37.0 Å². The molecule has 182 valence electrons. The first-order valence-electron chi connectivity index (χ1n) is 12.1. The van der Waals surface area contributed by atoms with Crippen molar-refractivity contribution in [3.8, 4) is 0 Å². The maximum atomic E-state index is 13.1. The quantitative estimate of drug-likeness (QED) is 0.518. The maximum absolute atomic E-state index is 13.1. The van der Waals surface area contributed by atoms with E-state index in [1.165, 1.54) is 4.31 Å². The van der Waals surface area contributed by atoms with E-state index in [9.17, 15) is 18.7 Å². The highest BCUT2D eigenvalue weighted by atomic mass is 32.3. The molecule has 4 aliphatic carbocycles. The molecule has 2 atom stereocenters. The molecule has 1 aromatic rings. The number of aryl methyl sites for hydroxylation is 2. The Labute approximate surface area is 197 Å². The normalized spacial score (nSPS) is 35.9. The highest BCUT2D eigenvalue weighted by Crippen LogP contribution is 2.60. The van der Waals surface area contributed by atoms with Gasteiger partial charge in [-0.2, -0.15) is 4.31 Å². The van der Waals surface area contributed by atoms with Gasteiger partial charge in [-0.05, 0) is 98.3 Å². The van der Waals surface area contributed by atoms with Gasteiger partial charge in [0, 0.05) is 24.5 Å². The number of carbonyl (C=O) groups excluding carboxylic acids is 2. The molecule has 2 unspecified atom stereocenters. The summed E-state index contributed by atoms with van der Waals surface area (Å²) in [6, 6.07) is 6.00. The monoisotopic (exact) mass is 476 g/mol. The van der Waals surface area contributed by atoms with Crippen molar-refractivity contribution < 1.29 is 18.7 Å². The summed E-state index contributed by atoms with van der Waals surface area (Å²) in [6.07, 6.45) is 5.25. The predicted octanol–water partition coefficient (Wildman–Crippen LogP) is 3.19. The van der Waals surface area contributed by atoms with Gasteiger partial charge in [0.25, 0.3) is 0 Å². The predicted molar refractivity (Wildman–Crippen MR) is 129 cm³/mol. The number of nitrogens with one attached hydrogen (secondary N) is 1. The first-order valence-corrected chi connectivity index (χ1v) is 13.5. The molecule has 8 nitrogen and oxygen atoms in total. The van der Waals surface area contributed by atoms with Gasteiger partial charge in [0.15, 0.2) is 0 Å². The number of hydrogen-bond acceptors (Lipinski definition) is 6. The zero-order valence-electron chi connectivity index (χ0n) is 19.5.